The van der Waals surface area contributed by atoms with Gasteiger partial charge in [0.2, 0.25) is 0 Å². The van der Waals surface area contributed by atoms with Crippen molar-refractivity contribution in [3.8, 4) is 0 Å². The summed E-state index contributed by atoms with van der Waals surface area (Å²) in [7, 11) is 0. The van der Waals surface area contributed by atoms with Crippen LogP contribution in [0.5, 0.6) is 0 Å². The lowest BCUT2D eigenvalue weighted by atomic mass is 9.91. The standard InChI is InChI=1S/C11H23N3O4/c1-3-12-4-5-13-6-7-14-8-11(2,9(15)16)10(17)18/h12-14H,3-8H2,1-2H3,(H,15,16)(H,17,18). The number of nitrogens with one attached hydrogen (secondary N) is 3. The zero-order valence-corrected chi connectivity index (χ0v) is 11.0. The molecule has 0 rings (SSSR count). The molecule has 0 fully saturated rings. The highest BCUT2D eigenvalue weighted by Crippen LogP contribution is 2.15. The Kier molecular flexibility index (Phi) is 8.27. The Labute approximate surface area is 107 Å². The van der Waals surface area contributed by atoms with Crippen LogP contribution in [0, 0.1) is 5.41 Å². The predicted molar refractivity (Wildman–Crippen MR) is 67.7 cm³/mol. The maximum atomic E-state index is 10.9. The Hall–Kier alpha value is -1.18. The van der Waals surface area contributed by atoms with Gasteiger partial charge in [0.1, 0.15) is 0 Å². The second kappa shape index (κ2) is 8.84. The van der Waals surface area contributed by atoms with Crippen LogP contribution in [0.4, 0.5) is 0 Å². The molecule has 0 amide bonds. The van der Waals surface area contributed by atoms with Gasteiger partial charge in [0.25, 0.3) is 0 Å². The summed E-state index contributed by atoms with van der Waals surface area (Å²) in [5.74, 6) is -2.66. The average Bonchev–Trinajstić information content (AvgIpc) is 2.31. The molecule has 18 heavy (non-hydrogen) atoms. The molecule has 0 aliphatic carbocycles. The van der Waals surface area contributed by atoms with E-state index in [9.17, 15) is 9.59 Å². The van der Waals surface area contributed by atoms with Crippen molar-refractivity contribution in [2.75, 3.05) is 39.3 Å². The van der Waals surface area contributed by atoms with Crippen LogP contribution in [0.25, 0.3) is 0 Å². The number of carbonyl (C=O) groups is 2. The summed E-state index contributed by atoms with van der Waals surface area (Å²) in [4.78, 5) is 21.7. The van der Waals surface area contributed by atoms with E-state index < -0.39 is 17.4 Å². The molecule has 0 aliphatic heterocycles. The summed E-state index contributed by atoms with van der Waals surface area (Å²) in [5, 5.41) is 26.9. The summed E-state index contributed by atoms with van der Waals surface area (Å²) >= 11 is 0. The first-order valence-corrected chi connectivity index (χ1v) is 6.04. The Morgan fingerprint density at radius 1 is 0.944 bits per heavy atom. The second-order valence-corrected chi connectivity index (χ2v) is 4.22. The Bertz CT molecular complexity index is 257. The molecule has 0 spiro atoms. The second-order valence-electron chi connectivity index (χ2n) is 4.22. The molecule has 0 saturated heterocycles. The van der Waals surface area contributed by atoms with Gasteiger partial charge in [-0.05, 0) is 13.5 Å². The fourth-order valence-corrected chi connectivity index (χ4v) is 1.24. The molecule has 0 aromatic heterocycles. The third kappa shape index (κ3) is 5.95. The van der Waals surface area contributed by atoms with Crippen molar-refractivity contribution >= 4 is 11.9 Å². The summed E-state index contributed by atoms with van der Waals surface area (Å²) in [6, 6.07) is 0. The molecular formula is C11H23N3O4. The van der Waals surface area contributed by atoms with Crippen molar-refractivity contribution < 1.29 is 19.8 Å². The van der Waals surface area contributed by atoms with E-state index in [0.29, 0.717) is 13.1 Å². The van der Waals surface area contributed by atoms with Crippen LogP contribution in [0.3, 0.4) is 0 Å². The van der Waals surface area contributed by atoms with E-state index in [0.717, 1.165) is 19.6 Å². The Balaban J connectivity index is 3.70. The van der Waals surface area contributed by atoms with Crippen LogP contribution in [0.15, 0.2) is 0 Å². The SMILES string of the molecule is CCNCCNCCNCC(C)(C(=O)O)C(=O)O. The largest absolute Gasteiger partial charge is 0.480 e. The monoisotopic (exact) mass is 261 g/mol. The normalized spacial score (nSPS) is 11.4. The minimum atomic E-state index is -1.77. The molecule has 0 aliphatic rings. The van der Waals surface area contributed by atoms with Crippen molar-refractivity contribution in [1.82, 2.24) is 16.0 Å². The number of aliphatic carboxylic acids is 2. The van der Waals surface area contributed by atoms with E-state index in [1.54, 1.807) is 0 Å². The summed E-state index contributed by atoms with van der Waals surface area (Å²) in [6.45, 7) is 6.96. The van der Waals surface area contributed by atoms with Crippen LogP contribution in [-0.2, 0) is 9.59 Å². The third-order valence-electron chi connectivity index (χ3n) is 2.63. The summed E-state index contributed by atoms with van der Waals surface area (Å²) < 4.78 is 0. The molecule has 0 atom stereocenters. The maximum Gasteiger partial charge on any atom is 0.322 e. The van der Waals surface area contributed by atoms with Gasteiger partial charge in [-0.2, -0.15) is 0 Å². The van der Waals surface area contributed by atoms with Gasteiger partial charge in [-0.3, -0.25) is 9.59 Å². The zero-order valence-electron chi connectivity index (χ0n) is 11.0. The fourth-order valence-electron chi connectivity index (χ4n) is 1.24. The molecule has 0 bridgehead atoms. The molecule has 0 radical (unpaired) electrons. The van der Waals surface area contributed by atoms with E-state index in [4.69, 9.17) is 10.2 Å². The highest BCUT2D eigenvalue weighted by atomic mass is 16.4. The molecule has 106 valence electrons. The maximum absolute atomic E-state index is 10.9. The number of carboxylic acids is 2. The lowest BCUT2D eigenvalue weighted by Crippen LogP contribution is -2.46. The lowest BCUT2D eigenvalue weighted by Gasteiger charge is -2.20. The van der Waals surface area contributed by atoms with Gasteiger partial charge in [-0.15, -0.1) is 0 Å². The van der Waals surface area contributed by atoms with Gasteiger partial charge in [0, 0.05) is 32.7 Å². The fraction of sp³-hybridized carbons (Fsp3) is 0.818. The van der Waals surface area contributed by atoms with Crippen LogP contribution >= 0.6 is 0 Å². The van der Waals surface area contributed by atoms with E-state index in [1.807, 2.05) is 6.92 Å². The van der Waals surface area contributed by atoms with Crippen molar-refractivity contribution in [3.05, 3.63) is 0 Å². The first kappa shape index (κ1) is 16.8. The number of hydrogen-bond donors (Lipinski definition) is 5. The van der Waals surface area contributed by atoms with E-state index >= 15 is 0 Å². The van der Waals surface area contributed by atoms with Crippen LogP contribution in [-0.4, -0.2) is 61.4 Å². The molecule has 0 aromatic carbocycles. The topological polar surface area (TPSA) is 111 Å². The molecule has 5 N–H and O–H groups in total. The Morgan fingerprint density at radius 3 is 1.83 bits per heavy atom. The highest BCUT2D eigenvalue weighted by molar-refractivity contribution is 5.98. The van der Waals surface area contributed by atoms with Gasteiger partial charge >= 0.3 is 11.9 Å². The van der Waals surface area contributed by atoms with Gasteiger partial charge in [-0.25, -0.2) is 0 Å². The predicted octanol–water partition coefficient (Wildman–Crippen LogP) is -1.05. The number of carboxylic acid groups (broad SMARTS) is 2. The highest BCUT2D eigenvalue weighted by Gasteiger charge is 2.41. The molecular weight excluding hydrogens is 238 g/mol. The first-order valence-electron chi connectivity index (χ1n) is 6.04. The van der Waals surface area contributed by atoms with Crippen molar-refractivity contribution in [1.29, 1.82) is 0 Å². The van der Waals surface area contributed by atoms with Crippen LogP contribution in [0.2, 0.25) is 0 Å². The van der Waals surface area contributed by atoms with Gasteiger partial charge < -0.3 is 26.2 Å². The summed E-state index contributed by atoms with van der Waals surface area (Å²) in [5.41, 5.74) is -1.77. The van der Waals surface area contributed by atoms with Gasteiger partial charge in [0.05, 0.1) is 0 Å². The molecule has 0 aromatic rings. The average molecular weight is 261 g/mol. The van der Waals surface area contributed by atoms with Crippen molar-refractivity contribution in [3.63, 3.8) is 0 Å². The molecule has 7 nitrogen and oxygen atoms in total. The smallest absolute Gasteiger partial charge is 0.322 e. The minimum absolute atomic E-state index is 0.0907. The summed E-state index contributed by atoms with van der Waals surface area (Å²) in [6.07, 6.45) is 0. The quantitative estimate of drug-likeness (QED) is 0.238. The third-order valence-corrected chi connectivity index (χ3v) is 2.63. The Morgan fingerprint density at radius 2 is 1.39 bits per heavy atom. The van der Waals surface area contributed by atoms with Crippen LogP contribution < -0.4 is 16.0 Å². The van der Waals surface area contributed by atoms with Crippen molar-refractivity contribution in [2.24, 2.45) is 5.41 Å². The van der Waals surface area contributed by atoms with Gasteiger partial charge in [-0.1, -0.05) is 6.92 Å². The van der Waals surface area contributed by atoms with E-state index in [2.05, 4.69) is 16.0 Å². The van der Waals surface area contributed by atoms with E-state index in [-0.39, 0.29) is 6.54 Å². The lowest BCUT2D eigenvalue weighted by molar-refractivity contribution is -0.162. The first-order chi connectivity index (χ1) is 8.45. The molecule has 0 saturated carbocycles. The van der Waals surface area contributed by atoms with Crippen LogP contribution in [0.1, 0.15) is 13.8 Å². The number of likely N-dealkylation sites (N-methyl/N-ethyl adjacent to an activating group) is 1. The van der Waals surface area contributed by atoms with E-state index in [1.165, 1.54) is 6.92 Å². The van der Waals surface area contributed by atoms with Crippen molar-refractivity contribution in [2.45, 2.75) is 13.8 Å². The molecule has 7 heteroatoms. The van der Waals surface area contributed by atoms with Gasteiger partial charge in [0.15, 0.2) is 5.41 Å². The zero-order chi connectivity index (χ0) is 14.0. The molecule has 0 heterocycles. The molecule has 0 unspecified atom stereocenters. The number of rotatable bonds is 11. The minimum Gasteiger partial charge on any atom is -0.480 e. The number of hydrogen-bond acceptors (Lipinski definition) is 5.